The minimum Gasteiger partial charge on any atom is -0.457 e. The number of nitrogens with two attached hydrogens (primary N) is 2. The SMILES string of the molecule is CC[C@@H](C)[C@@H](C(=O)OCc1nc(N)nc(N)n1)c1ccccc1. The molecule has 0 aliphatic heterocycles. The number of benzene rings is 1. The van der Waals surface area contributed by atoms with Crippen molar-refractivity contribution in [3.05, 3.63) is 41.7 Å². The summed E-state index contributed by atoms with van der Waals surface area (Å²) in [5.41, 5.74) is 11.9. The van der Waals surface area contributed by atoms with Gasteiger partial charge < -0.3 is 16.2 Å². The van der Waals surface area contributed by atoms with Crippen LogP contribution < -0.4 is 11.5 Å². The molecule has 2 rings (SSSR count). The van der Waals surface area contributed by atoms with Crippen molar-refractivity contribution in [2.24, 2.45) is 5.92 Å². The van der Waals surface area contributed by atoms with Crippen LogP contribution in [-0.4, -0.2) is 20.9 Å². The zero-order valence-corrected chi connectivity index (χ0v) is 13.3. The van der Waals surface area contributed by atoms with E-state index in [1.165, 1.54) is 0 Å². The van der Waals surface area contributed by atoms with Gasteiger partial charge in [0.25, 0.3) is 0 Å². The van der Waals surface area contributed by atoms with E-state index in [0.717, 1.165) is 12.0 Å². The molecule has 0 amide bonds. The predicted molar refractivity (Wildman–Crippen MR) is 87.1 cm³/mol. The van der Waals surface area contributed by atoms with Gasteiger partial charge in [0.15, 0.2) is 12.4 Å². The molecule has 7 heteroatoms. The molecule has 1 aromatic heterocycles. The van der Waals surface area contributed by atoms with E-state index in [-0.39, 0.29) is 42.1 Å². The fourth-order valence-electron chi connectivity index (χ4n) is 2.34. The number of nitrogen functional groups attached to an aromatic ring is 2. The van der Waals surface area contributed by atoms with Crippen LogP contribution in [0.15, 0.2) is 30.3 Å². The van der Waals surface area contributed by atoms with Crippen LogP contribution in [0.3, 0.4) is 0 Å². The Balaban J connectivity index is 2.12. The summed E-state index contributed by atoms with van der Waals surface area (Å²) in [5.74, 6) is -0.256. The summed E-state index contributed by atoms with van der Waals surface area (Å²) in [6.45, 7) is 3.98. The van der Waals surface area contributed by atoms with Gasteiger partial charge in [-0.1, -0.05) is 50.6 Å². The Morgan fingerprint density at radius 1 is 1.13 bits per heavy atom. The highest BCUT2D eigenvalue weighted by atomic mass is 16.5. The molecular formula is C16H21N5O2. The number of esters is 1. The quantitative estimate of drug-likeness (QED) is 0.782. The Morgan fingerprint density at radius 2 is 1.74 bits per heavy atom. The molecule has 0 fully saturated rings. The van der Waals surface area contributed by atoms with Gasteiger partial charge in [-0.05, 0) is 11.5 Å². The number of nitrogens with zero attached hydrogens (tertiary/aromatic N) is 3. The highest BCUT2D eigenvalue weighted by molar-refractivity contribution is 5.78. The van der Waals surface area contributed by atoms with Crippen molar-refractivity contribution in [3.8, 4) is 0 Å². The lowest BCUT2D eigenvalue weighted by atomic mass is 9.86. The number of ether oxygens (including phenoxy) is 1. The van der Waals surface area contributed by atoms with Gasteiger partial charge in [-0.2, -0.15) is 15.0 Å². The largest absolute Gasteiger partial charge is 0.457 e. The second kappa shape index (κ2) is 7.53. The molecule has 4 N–H and O–H groups in total. The number of carbonyl (C=O) groups excluding carboxylic acids is 1. The summed E-state index contributed by atoms with van der Waals surface area (Å²) in [6.07, 6.45) is 0.861. The van der Waals surface area contributed by atoms with Crippen LogP contribution in [-0.2, 0) is 16.1 Å². The molecule has 2 aromatic rings. The monoisotopic (exact) mass is 315 g/mol. The average molecular weight is 315 g/mol. The summed E-state index contributed by atoms with van der Waals surface area (Å²) in [5, 5.41) is 0. The Bertz CT molecular complexity index is 643. The second-order valence-electron chi connectivity index (χ2n) is 5.35. The van der Waals surface area contributed by atoms with E-state index < -0.39 is 0 Å². The van der Waals surface area contributed by atoms with Gasteiger partial charge in [0.2, 0.25) is 11.9 Å². The highest BCUT2D eigenvalue weighted by Gasteiger charge is 2.27. The zero-order valence-electron chi connectivity index (χ0n) is 13.3. The van der Waals surface area contributed by atoms with Crippen molar-refractivity contribution in [1.82, 2.24) is 15.0 Å². The van der Waals surface area contributed by atoms with Crippen LogP contribution in [0.2, 0.25) is 0 Å². The molecule has 23 heavy (non-hydrogen) atoms. The number of anilines is 2. The number of carbonyl (C=O) groups is 1. The lowest BCUT2D eigenvalue weighted by Gasteiger charge is -2.21. The minimum absolute atomic E-state index is 0.00471. The summed E-state index contributed by atoms with van der Waals surface area (Å²) in [7, 11) is 0. The standard InChI is InChI=1S/C16H21N5O2/c1-3-10(2)13(11-7-5-4-6-8-11)14(22)23-9-12-19-15(17)21-16(18)20-12/h4-8,10,13H,3,9H2,1-2H3,(H4,17,18,19,20,21)/t10-,13-/m1/s1. The van der Waals surface area contributed by atoms with Gasteiger partial charge in [0, 0.05) is 0 Å². The van der Waals surface area contributed by atoms with Crippen molar-refractivity contribution in [1.29, 1.82) is 0 Å². The zero-order chi connectivity index (χ0) is 16.8. The van der Waals surface area contributed by atoms with E-state index in [9.17, 15) is 4.79 Å². The molecule has 0 bridgehead atoms. The lowest BCUT2D eigenvalue weighted by Crippen LogP contribution is -2.22. The van der Waals surface area contributed by atoms with Gasteiger partial charge >= 0.3 is 5.97 Å². The second-order valence-corrected chi connectivity index (χ2v) is 5.35. The van der Waals surface area contributed by atoms with E-state index >= 15 is 0 Å². The first-order valence-electron chi connectivity index (χ1n) is 7.48. The molecule has 7 nitrogen and oxygen atoms in total. The van der Waals surface area contributed by atoms with Crippen molar-refractivity contribution >= 4 is 17.9 Å². The molecule has 0 radical (unpaired) electrons. The molecule has 1 heterocycles. The third kappa shape index (κ3) is 4.38. The van der Waals surface area contributed by atoms with Gasteiger partial charge in [-0.3, -0.25) is 4.79 Å². The summed E-state index contributed by atoms with van der Waals surface area (Å²) >= 11 is 0. The lowest BCUT2D eigenvalue weighted by molar-refractivity contribution is -0.148. The van der Waals surface area contributed by atoms with Crippen LogP contribution in [0.1, 0.15) is 37.6 Å². The number of rotatable bonds is 6. The molecule has 0 saturated carbocycles. The van der Waals surface area contributed by atoms with E-state index in [1.807, 2.05) is 44.2 Å². The fourth-order valence-corrected chi connectivity index (χ4v) is 2.34. The average Bonchev–Trinajstić information content (AvgIpc) is 2.53. The van der Waals surface area contributed by atoms with Gasteiger partial charge in [0.1, 0.15) is 0 Å². The Morgan fingerprint density at radius 3 is 2.30 bits per heavy atom. The normalized spacial score (nSPS) is 13.3. The van der Waals surface area contributed by atoms with E-state index in [2.05, 4.69) is 15.0 Å². The van der Waals surface area contributed by atoms with E-state index in [1.54, 1.807) is 0 Å². The van der Waals surface area contributed by atoms with Crippen LogP contribution >= 0.6 is 0 Å². The first-order valence-corrected chi connectivity index (χ1v) is 7.48. The van der Waals surface area contributed by atoms with Crippen LogP contribution in [0.25, 0.3) is 0 Å². The molecule has 2 atom stereocenters. The predicted octanol–water partition coefficient (Wildman–Crippen LogP) is 1.91. The fraction of sp³-hybridized carbons (Fsp3) is 0.375. The summed E-state index contributed by atoms with van der Waals surface area (Å²) in [6, 6.07) is 9.59. The molecule has 0 unspecified atom stereocenters. The van der Waals surface area contributed by atoms with Gasteiger partial charge in [0.05, 0.1) is 5.92 Å². The van der Waals surface area contributed by atoms with Crippen LogP contribution in [0, 0.1) is 5.92 Å². The third-order valence-corrected chi connectivity index (χ3v) is 3.69. The maximum atomic E-state index is 12.5. The molecule has 0 aliphatic rings. The Labute approximate surface area is 135 Å². The van der Waals surface area contributed by atoms with Crippen molar-refractivity contribution < 1.29 is 9.53 Å². The summed E-state index contributed by atoms with van der Waals surface area (Å²) in [4.78, 5) is 24.0. The summed E-state index contributed by atoms with van der Waals surface area (Å²) < 4.78 is 5.37. The van der Waals surface area contributed by atoms with Crippen molar-refractivity contribution in [2.75, 3.05) is 11.5 Å². The maximum absolute atomic E-state index is 12.5. The van der Waals surface area contributed by atoms with Crippen molar-refractivity contribution in [2.45, 2.75) is 32.8 Å². The first kappa shape index (κ1) is 16.7. The number of aromatic nitrogens is 3. The topological polar surface area (TPSA) is 117 Å². The molecule has 1 aromatic carbocycles. The smallest absolute Gasteiger partial charge is 0.314 e. The number of hydrogen-bond donors (Lipinski definition) is 2. The molecule has 122 valence electrons. The van der Waals surface area contributed by atoms with Crippen LogP contribution in [0.4, 0.5) is 11.9 Å². The molecule has 0 spiro atoms. The van der Waals surface area contributed by atoms with Crippen molar-refractivity contribution in [3.63, 3.8) is 0 Å². The molecule has 0 aliphatic carbocycles. The maximum Gasteiger partial charge on any atom is 0.314 e. The first-order chi connectivity index (χ1) is 11.0. The third-order valence-electron chi connectivity index (χ3n) is 3.69. The molecule has 0 saturated heterocycles. The van der Waals surface area contributed by atoms with E-state index in [4.69, 9.17) is 16.2 Å². The molecular weight excluding hydrogens is 294 g/mol. The Kier molecular flexibility index (Phi) is 5.46. The van der Waals surface area contributed by atoms with E-state index in [0.29, 0.717) is 0 Å². The van der Waals surface area contributed by atoms with Crippen LogP contribution in [0.5, 0.6) is 0 Å². The number of hydrogen-bond acceptors (Lipinski definition) is 7. The minimum atomic E-state index is -0.335. The highest BCUT2D eigenvalue weighted by Crippen LogP contribution is 2.28. The van der Waals surface area contributed by atoms with Gasteiger partial charge in [-0.15, -0.1) is 0 Å². The Hall–Kier alpha value is -2.70. The van der Waals surface area contributed by atoms with Gasteiger partial charge in [-0.25, -0.2) is 0 Å².